The minimum absolute atomic E-state index is 0.0298. The average molecular weight is 454 g/mol. The number of carbonyl (C=O) groups excluding carboxylic acids is 1. The third kappa shape index (κ3) is 4.15. The minimum Gasteiger partial charge on any atom is -0.465 e. The van der Waals surface area contributed by atoms with E-state index < -0.39 is 17.1 Å². The molecule has 2 heterocycles. The van der Waals surface area contributed by atoms with E-state index >= 15 is 0 Å². The zero-order chi connectivity index (χ0) is 23.8. The molecular weight excluding hydrogens is 422 g/mol. The Morgan fingerprint density at radius 3 is 2.36 bits per heavy atom. The molecule has 1 saturated heterocycles. The van der Waals surface area contributed by atoms with Crippen LogP contribution in [-0.4, -0.2) is 69.4 Å². The number of nitrogens with zero attached hydrogens (tertiary/aromatic N) is 3. The Labute approximate surface area is 193 Å². The number of benzene rings is 1. The molecule has 2 aromatic rings. The first-order chi connectivity index (χ1) is 15.7. The number of piperidine rings is 1. The van der Waals surface area contributed by atoms with Crippen LogP contribution in [0.1, 0.15) is 42.5 Å². The topological polar surface area (TPSA) is 103 Å². The second kappa shape index (κ2) is 8.67. The van der Waals surface area contributed by atoms with Gasteiger partial charge in [-0.1, -0.05) is 43.2 Å². The van der Waals surface area contributed by atoms with Crippen molar-refractivity contribution in [3.05, 3.63) is 58.5 Å². The molecule has 2 fully saturated rings. The van der Waals surface area contributed by atoms with Gasteiger partial charge in [-0.2, -0.15) is 0 Å². The zero-order valence-corrected chi connectivity index (χ0v) is 19.2. The van der Waals surface area contributed by atoms with E-state index in [4.69, 9.17) is 0 Å². The van der Waals surface area contributed by atoms with E-state index in [2.05, 4.69) is 0 Å². The monoisotopic (exact) mass is 453 g/mol. The van der Waals surface area contributed by atoms with Gasteiger partial charge in [-0.15, -0.1) is 0 Å². The number of rotatable bonds is 4. The summed E-state index contributed by atoms with van der Waals surface area (Å²) in [5, 5.41) is 21.4. The maximum atomic E-state index is 13.2. The molecule has 1 unspecified atom stereocenters. The van der Waals surface area contributed by atoms with Crippen LogP contribution in [-0.2, 0) is 6.54 Å². The molecule has 1 aromatic heterocycles. The maximum Gasteiger partial charge on any atom is 0.407 e. The molecule has 2 N–H and O–H groups in total. The molecule has 1 atom stereocenters. The zero-order valence-electron chi connectivity index (χ0n) is 19.2. The van der Waals surface area contributed by atoms with Crippen LogP contribution in [0, 0.1) is 5.41 Å². The molecule has 1 aromatic carbocycles. The van der Waals surface area contributed by atoms with Gasteiger partial charge in [0.2, 0.25) is 0 Å². The van der Waals surface area contributed by atoms with Crippen molar-refractivity contribution in [3.63, 3.8) is 0 Å². The highest BCUT2D eigenvalue weighted by Crippen LogP contribution is 2.51. The molecule has 0 radical (unpaired) electrons. The van der Waals surface area contributed by atoms with Crippen LogP contribution >= 0.6 is 0 Å². The van der Waals surface area contributed by atoms with Crippen LogP contribution in [0.5, 0.6) is 0 Å². The van der Waals surface area contributed by atoms with Crippen molar-refractivity contribution in [1.82, 2.24) is 14.4 Å². The summed E-state index contributed by atoms with van der Waals surface area (Å²) in [5.74, 6) is -0.231. The largest absolute Gasteiger partial charge is 0.465 e. The standard InChI is InChI=1S/C25H31N3O5/c1-26(2)22(30)20-15-28(21(29)14-19(20)18-8-4-3-5-9-18)17-25(33)12-13-27(23(31)32)16-24(25)10-6-7-11-24/h3-5,8-9,14-15,33H,6-7,10-13,16-17H2,1-2H3,(H,31,32). The first kappa shape index (κ1) is 23.0. The lowest BCUT2D eigenvalue weighted by molar-refractivity contribution is -0.137. The van der Waals surface area contributed by atoms with E-state index in [1.54, 1.807) is 20.3 Å². The Morgan fingerprint density at radius 2 is 1.76 bits per heavy atom. The fraction of sp³-hybridized carbons (Fsp3) is 0.480. The molecule has 1 saturated carbocycles. The van der Waals surface area contributed by atoms with Gasteiger partial charge in [0.05, 0.1) is 17.7 Å². The first-order valence-electron chi connectivity index (χ1n) is 11.4. The second-order valence-electron chi connectivity index (χ2n) is 9.61. The normalized spacial score (nSPS) is 21.8. The SMILES string of the molecule is CN(C)C(=O)c1cn(CC2(O)CCN(C(=O)O)CC23CCCC3)c(=O)cc1-c1ccccc1. The Kier molecular flexibility index (Phi) is 6.05. The third-order valence-corrected chi connectivity index (χ3v) is 7.39. The van der Waals surface area contributed by atoms with Crippen LogP contribution < -0.4 is 5.56 Å². The molecule has 2 amide bonds. The summed E-state index contributed by atoms with van der Waals surface area (Å²) in [6.07, 6.45) is 4.09. The van der Waals surface area contributed by atoms with Gasteiger partial charge in [-0.05, 0) is 24.8 Å². The first-order valence-corrected chi connectivity index (χ1v) is 11.4. The molecular formula is C25H31N3O5. The van der Waals surface area contributed by atoms with Gasteiger partial charge >= 0.3 is 6.09 Å². The quantitative estimate of drug-likeness (QED) is 0.741. The number of hydrogen-bond acceptors (Lipinski definition) is 4. The molecule has 1 aliphatic carbocycles. The van der Waals surface area contributed by atoms with E-state index in [-0.39, 0.29) is 37.5 Å². The maximum absolute atomic E-state index is 13.2. The lowest BCUT2D eigenvalue weighted by Gasteiger charge is -2.51. The molecule has 1 aliphatic heterocycles. The Hall–Kier alpha value is -3.13. The van der Waals surface area contributed by atoms with Crippen molar-refractivity contribution < 1.29 is 19.8 Å². The number of hydrogen-bond donors (Lipinski definition) is 2. The van der Waals surface area contributed by atoms with Crippen LogP contribution in [0.3, 0.4) is 0 Å². The number of aliphatic hydroxyl groups is 1. The van der Waals surface area contributed by atoms with Gasteiger partial charge in [0.25, 0.3) is 11.5 Å². The fourth-order valence-electron chi connectivity index (χ4n) is 5.51. The lowest BCUT2D eigenvalue weighted by Crippen LogP contribution is -2.62. The second-order valence-corrected chi connectivity index (χ2v) is 9.61. The molecule has 176 valence electrons. The fourth-order valence-corrected chi connectivity index (χ4v) is 5.51. The summed E-state index contributed by atoms with van der Waals surface area (Å²) >= 11 is 0. The van der Waals surface area contributed by atoms with Crippen LogP contribution in [0.15, 0.2) is 47.4 Å². The van der Waals surface area contributed by atoms with Crippen molar-refractivity contribution in [3.8, 4) is 11.1 Å². The van der Waals surface area contributed by atoms with Gasteiger partial charge < -0.3 is 24.6 Å². The summed E-state index contributed by atoms with van der Waals surface area (Å²) < 4.78 is 1.43. The number of carbonyl (C=O) groups is 2. The van der Waals surface area contributed by atoms with E-state index in [1.165, 1.54) is 20.4 Å². The van der Waals surface area contributed by atoms with Crippen molar-refractivity contribution >= 4 is 12.0 Å². The smallest absolute Gasteiger partial charge is 0.407 e. The van der Waals surface area contributed by atoms with Gasteiger partial charge in [-0.25, -0.2) is 4.79 Å². The molecule has 33 heavy (non-hydrogen) atoms. The Bertz CT molecular complexity index is 1100. The lowest BCUT2D eigenvalue weighted by atomic mass is 9.66. The van der Waals surface area contributed by atoms with Gasteiger partial charge in [0.15, 0.2) is 0 Å². The summed E-state index contributed by atoms with van der Waals surface area (Å²) in [6, 6.07) is 10.8. The average Bonchev–Trinajstić information content (AvgIpc) is 3.27. The summed E-state index contributed by atoms with van der Waals surface area (Å²) in [4.78, 5) is 40.7. The van der Waals surface area contributed by atoms with E-state index in [0.717, 1.165) is 18.4 Å². The number of aromatic nitrogens is 1. The van der Waals surface area contributed by atoms with Crippen molar-refractivity contribution in [2.24, 2.45) is 5.41 Å². The highest BCUT2D eigenvalue weighted by molar-refractivity contribution is 6.00. The number of amides is 2. The number of pyridine rings is 1. The molecule has 8 nitrogen and oxygen atoms in total. The number of likely N-dealkylation sites (tertiary alicyclic amines) is 1. The van der Waals surface area contributed by atoms with Gasteiger partial charge in [-0.3, -0.25) is 9.59 Å². The summed E-state index contributed by atoms with van der Waals surface area (Å²) in [6.45, 7) is 0.509. The molecule has 0 bridgehead atoms. The van der Waals surface area contributed by atoms with E-state index in [0.29, 0.717) is 24.0 Å². The van der Waals surface area contributed by atoms with Crippen LogP contribution in [0.4, 0.5) is 4.79 Å². The number of carboxylic acid groups (broad SMARTS) is 1. The molecule has 1 spiro atoms. The highest BCUT2D eigenvalue weighted by atomic mass is 16.4. The molecule has 8 heteroatoms. The van der Waals surface area contributed by atoms with Gasteiger partial charge in [0.1, 0.15) is 0 Å². The van der Waals surface area contributed by atoms with Gasteiger partial charge in [0, 0.05) is 50.4 Å². The van der Waals surface area contributed by atoms with Crippen molar-refractivity contribution in [2.45, 2.75) is 44.2 Å². The Morgan fingerprint density at radius 1 is 1.09 bits per heavy atom. The van der Waals surface area contributed by atoms with Crippen LogP contribution in [0.2, 0.25) is 0 Å². The highest BCUT2D eigenvalue weighted by Gasteiger charge is 2.55. The van der Waals surface area contributed by atoms with E-state index in [1.807, 2.05) is 30.3 Å². The third-order valence-electron chi connectivity index (χ3n) is 7.39. The van der Waals surface area contributed by atoms with Crippen molar-refractivity contribution in [2.75, 3.05) is 27.2 Å². The predicted molar refractivity (Wildman–Crippen MR) is 124 cm³/mol. The minimum atomic E-state index is -1.23. The Balaban J connectivity index is 1.76. The van der Waals surface area contributed by atoms with Crippen LogP contribution in [0.25, 0.3) is 11.1 Å². The molecule has 4 rings (SSSR count). The van der Waals surface area contributed by atoms with E-state index in [9.17, 15) is 24.6 Å². The summed E-state index contributed by atoms with van der Waals surface area (Å²) in [5.41, 5.74) is -0.408. The van der Waals surface area contributed by atoms with Crippen molar-refractivity contribution in [1.29, 1.82) is 0 Å². The molecule has 2 aliphatic rings. The predicted octanol–water partition coefficient (Wildman–Crippen LogP) is 2.89. The summed E-state index contributed by atoms with van der Waals surface area (Å²) in [7, 11) is 3.32.